The maximum absolute atomic E-state index is 14.3. The van der Waals surface area contributed by atoms with E-state index in [0.29, 0.717) is 29.8 Å². The number of ether oxygens (including phenoxy) is 2. The van der Waals surface area contributed by atoms with Crippen LogP contribution in [0.15, 0.2) is 47.8 Å². The largest absolute Gasteiger partial charge is 0.490 e. The van der Waals surface area contributed by atoms with E-state index >= 15 is 0 Å². The van der Waals surface area contributed by atoms with E-state index in [9.17, 15) is 17.6 Å². The molecule has 2 aromatic carbocycles. The van der Waals surface area contributed by atoms with Crippen molar-refractivity contribution in [3.63, 3.8) is 0 Å². The average Bonchev–Trinajstić information content (AvgIpc) is 3.52. The number of thiophene rings is 1. The van der Waals surface area contributed by atoms with Crippen molar-refractivity contribution in [1.82, 2.24) is 20.8 Å². The second kappa shape index (κ2) is 13.9. The molecule has 2 N–H and O–H groups in total. The molecule has 2 aromatic heterocycles. The minimum absolute atomic E-state index is 0.0886. The molecule has 1 aliphatic carbocycles. The van der Waals surface area contributed by atoms with E-state index in [1.54, 1.807) is 6.07 Å². The SMILES string of the molecule is Fc1ccc(-c2nnc(-c3ccc4c(c3)CCNC4)c3ccsc23)c(OCCOCCNC(C2CCCCC2)C(F)(F)F)c1. The van der Waals surface area contributed by atoms with Gasteiger partial charge in [0, 0.05) is 35.7 Å². The molecule has 0 saturated heterocycles. The number of nitrogens with one attached hydrogen (secondary N) is 2. The zero-order valence-corrected chi connectivity index (χ0v) is 25.2. The quantitative estimate of drug-likeness (QED) is 0.134. The summed E-state index contributed by atoms with van der Waals surface area (Å²) in [5.74, 6) is -0.537. The van der Waals surface area contributed by atoms with Crippen molar-refractivity contribution in [1.29, 1.82) is 0 Å². The van der Waals surface area contributed by atoms with E-state index in [4.69, 9.17) is 9.47 Å². The number of hydrogen-bond donors (Lipinski definition) is 2. The maximum atomic E-state index is 14.3. The van der Waals surface area contributed by atoms with Gasteiger partial charge in [0.25, 0.3) is 0 Å². The Morgan fingerprint density at radius 3 is 2.64 bits per heavy atom. The highest BCUT2D eigenvalue weighted by Gasteiger charge is 2.44. The van der Waals surface area contributed by atoms with Crippen LogP contribution in [0, 0.1) is 11.7 Å². The molecule has 3 heterocycles. The first-order chi connectivity index (χ1) is 21.4. The fraction of sp³-hybridized carbons (Fsp3) is 0.455. The Balaban J connectivity index is 1.10. The van der Waals surface area contributed by atoms with Crippen molar-refractivity contribution in [2.75, 3.05) is 32.9 Å². The summed E-state index contributed by atoms with van der Waals surface area (Å²) < 4.78 is 67.5. The van der Waals surface area contributed by atoms with Crippen LogP contribution in [0.4, 0.5) is 17.6 Å². The van der Waals surface area contributed by atoms with Crippen molar-refractivity contribution in [2.45, 2.75) is 57.3 Å². The van der Waals surface area contributed by atoms with Crippen LogP contribution in [0.25, 0.3) is 32.6 Å². The Hall–Kier alpha value is -3.12. The predicted octanol–water partition coefficient (Wildman–Crippen LogP) is 7.31. The lowest BCUT2D eigenvalue weighted by Gasteiger charge is -2.32. The summed E-state index contributed by atoms with van der Waals surface area (Å²) in [5.41, 5.74) is 5.62. The van der Waals surface area contributed by atoms with Crippen LogP contribution in [0.3, 0.4) is 0 Å². The first kappa shape index (κ1) is 30.9. The van der Waals surface area contributed by atoms with Gasteiger partial charge < -0.3 is 20.1 Å². The third kappa shape index (κ3) is 7.06. The molecule has 1 atom stereocenters. The van der Waals surface area contributed by atoms with Crippen molar-refractivity contribution in [3.8, 4) is 28.3 Å². The second-order valence-electron chi connectivity index (χ2n) is 11.4. The van der Waals surface area contributed by atoms with Crippen molar-refractivity contribution in [3.05, 3.63) is 64.8 Å². The molecule has 1 fully saturated rings. The molecule has 0 amide bonds. The summed E-state index contributed by atoms with van der Waals surface area (Å²) in [6.45, 7) is 2.26. The van der Waals surface area contributed by atoms with Crippen LogP contribution in [-0.4, -0.2) is 55.3 Å². The van der Waals surface area contributed by atoms with E-state index in [1.807, 2.05) is 11.4 Å². The summed E-state index contributed by atoms with van der Waals surface area (Å²) in [6, 6.07) is 11.2. The molecule has 6 nitrogen and oxygen atoms in total. The van der Waals surface area contributed by atoms with Gasteiger partial charge in [-0.3, -0.25) is 0 Å². The Bertz CT molecular complexity index is 1570. The molecule has 2 aliphatic rings. The molecule has 0 radical (unpaired) electrons. The van der Waals surface area contributed by atoms with Crippen molar-refractivity contribution < 1.29 is 27.0 Å². The van der Waals surface area contributed by atoms with Gasteiger partial charge in [-0.2, -0.15) is 13.2 Å². The monoisotopic (exact) mass is 628 g/mol. The van der Waals surface area contributed by atoms with Crippen LogP contribution in [0.5, 0.6) is 5.75 Å². The highest BCUT2D eigenvalue weighted by Crippen LogP contribution is 2.40. The number of benzene rings is 2. The van der Waals surface area contributed by atoms with Gasteiger partial charge in [-0.15, -0.1) is 21.5 Å². The Morgan fingerprint density at radius 1 is 0.955 bits per heavy atom. The molecule has 0 spiro atoms. The third-order valence-corrected chi connectivity index (χ3v) is 9.44. The van der Waals surface area contributed by atoms with E-state index in [2.05, 4.69) is 39.0 Å². The summed E-state index contributed by atoms with van der Waals surface area (Å²) in [5, 5.41) is 18.2. The van der Waals surface area contributed by atoms with Crippen molar-refractivity contribution >= 4 is 21.4 Å². The zero-order valence-electron chi connectivity index (χ0n) is 24.4. The van der Waals surface area contributed by atoms with Crippen LogP contribution < -0.4 is 15.4 Å². The Morgan fingerprint density at radius 2 is 1.80 bits per heavy atom. The lowest BCUT2D eigenvalue weighted by Crippen LogP contribution is -2.49. The molecular formula is C33H36F4N4O2S. The number of nitrogens with zero attached hydrogens (tertiary/aromatic N) is 2. The van der Waals surface area contributed by atoms with Gasteiger partial charge in [0.1, 0.15) is 35.6 Å². The fourth-order valence-corrected chi connectivity index (χ4v) is 7.21. The van der Waals surface area contributed by atoms with E-state index < -0.39 is 18.0 Å². The third-order valence-electron chi connectivity index (χ3n) is 8.52. The number of hydrogen-bond acceptors (Lipinski definition) is 7. The molecule has 1 unspecified atom stereocenters. The van der Waals surface area contributed by atoms with E-state index in [0.717, 1.165) is 60.1 Å². The fourth-order valence-electron chi connectivity index (χ4n) is 6.32. The van der Waals surface area contributed by atoms with Gasteiger partial charge in [0.15, 0.2) is 0 Å². The van der Waals surface area contributed by atoms with Gasteiger partial charge in [-0.05, 0) is 72.5 Å². The van der Waals surface area contributed by atoms with Gasteiger partial charge in [0.2, 0.25) is 0 Å². The number of alkyl halides is 3. The molecule has 44 heavy (non-hydrogen) atoms. The molecule has 4 aromatic rings. The topological polar surface area (TPSA) is 68.3 Å². The summed E-state index contributed by atoms with van der Waals surface area (Å²) >= 11 is 1.54. The van der Waals surface area contributed by atoms with Crippen LogP contribution in [0.2, 0.25) is 0 Å². The standard InChI is InChI=1S/C33H36F4N4O2S/c34-25-8-9-26(28(19-25)43-16-15-42-14-13-39-32(33(35,36)37)21-4-2-1-3-5-21)30-31-27(11-17-44-31)29(40-41-30)23-6-7-24-20-38-12-10-22(24)18-23/h6-9,11,17-19,21,32,38-39H,1-5,10,12-16,20H2. The summed E-state index contributed by atoms with van der Waals surface area (Å²) in [7, 11) is 0. The minimum Gasteiger partial charge on any atom is -0.490 e. The zero-order chi connectivity index (χ0) is 30.5. The van der Waals surface area contributed by atoms with Gasteiger partial charge >= 0.3 is 6.18 Å². The molecule has 0 bridgehead atoms. The second-order valence-corrected chi connectivity index (χ2v) is 12.4. The van der Waals surface area contributed by atoms with Crippen LogP contribution in [-0.2, 0) is 17.7 Å². The number of fused-ring (bicyclic) bond motifs is 2. The lowest BCUT2D eigenvalue weighted by atomic mass is 9.83. The average molecular weight is 629 g/mol. The van der Waals surface area contributed by atoms with E-state index in [-0.39, 0.29) is 32.3 Å². The molecule has 6 rings (SSSR count). The highest BCUT2D eigenvalue weighted by molar-refractivity contribution is 7.17. The summed E-state index contributed by atoms with van der Waals surface area (Å²) in [4.78, 5) is 0. The molecule has 234 valence electrons. The Labute approximate surface area is 258 Å². The molecule has 1 aliphatic heterocycles. The highest BCUT2D eigenvalue weighted by atomic mass is 32.1. The van der Waals surface area contributed by atoms with Crippen molar-refractivity contribution in [2.24, 2.45) is 5.92 Å². The smallest absolute Gasteiger partial charge is 0.404 e. The molecule has 1 saturated carbocycles. The molecular weight excluding hydrogens is 592 g/mol. The first-order valence-corrected chi connectivity index (χ1v) is 16.1. The van der Waals surface area contributed by atoms with E-state index in [1.165, 1.54) is 34.6 Å². The molecule has 11 heteroatoms. The van der Waals surface area contributed by atoms with Gasteiger partial charge in [-0.1, -0.05) is 31.4 Å². The lowest BCUT2D eigenvalue weighted by molar-refractivity contribution is -0.170. The van der Waals surface area contributed by atoms with Crippen LogP contribution in [0.1, 0.15) is 43.2 Å². The predicted molar refractivity (Wildman–Crippen MR) is 164 cm³/mol. The van der Waals surface area contributed by atoms with Gasteiger partial charge in [0.05, 0.1) is 17.9 Å². The van der Waals surface area contributed by atoms with Crippen LogP contribution >= 0.6 is 11.3 Å². The maximum Gasteiger partial charge on any atom is 0.404 e. The minimum atomic E-state index is -4.29. The number of rotatable bonds is 11. The first-order valence-electron chi connectivity index (χ1n) is 15.3. The number of aromatic nitrogens is 2. The van der Waals surface area contributed by atoms with Gasteiger partial charge in [-0.25, -0.2) is 4.39 Å². The number of halogens is 4. The Kier molecular flexibility index (Phi) is 9.75. The summed E-state index contributed by atoms with van der Waals surface area (Å²) in [6.07, 6.45) is 0.557. The normalized spacial score (nSPS) is 16.6.